The van der Waals surface area contributed by atoms with Crippen LogP contribution < -0.4 is 21.2 Å². The van der Waals surface area contributed by atoms with Crippen molar-refractivity contribution in [1.82, 2.24) is 0 Å². The molecule has 6 aromatic rings. The molecule has 0 fully saturated rings. The molecule has 44 heavy (non-hydrogen) atoms. The number of hydrogen-bond donors (Lipinski definition) is 0. The van der Waals surface area contributed by atoms with E-state index in [1.807, 2.05) is 0 Å². The van der Waals surface area contributed by atoms with Crippen molar-refractivity contribution in [3.05, 3.63) is 166 Å². The van der Waals surface area contributed by atoms with E-state index in [2.05, 4.69) is 158 Å². The molecule has 1 spiro atoms. The number of benzene rings is 6. The van der Waals surface area contributed by atoms with E-state index in [1.165, 1.54) is 44.2 Å². The average Bonchev–Trinajstić information content (AvgIpc) is 3.48. The lowest BCUT2D eigenvalue weighted by atomic mass is 9.70. The molecule has 3 heteroatoms. The number of aryl methyl sites for hydroxylation is 4. The highest BCUT2D eigenvalue weighted by atomic mass is 31.2. The molecule has 0 N–H and O–H groups in total. The normalized spacial score (nSPS) is 16.0. The predicted octanol–water partition coefficient (Wildman–Crippen LogP) is 8.40. The van der Waals surface area contributed by atoms with Crippen molar-refractivity contribution in [3.8, 4) is 22.3 Å². The summed E-state index contributed by atoms with van der Waals surface area (Å²) in [6, 6.07) is 43.8. The Kier molecular flexibility index (Phi) is 6.09. The number of rotatable bonds is 3. The molecule has 2 unspecified atom stereocenters. The third-order valence-corrected chi connectivity index (χ3v) is 13.1. The summed E-state index contributed by atoms with van der Waals surface area (Å²) < 4.78 is 16.6. The maximum Gasteiger partial charge on any atom is 0.171 e. The van der Waals surface area contributed by atoms with Gasteiger partial charge in [0.15, 0.2) is 7.14 Å². The van der Waals surface area contributed by atoms with E-state index in [0.29, 0.717) is 0 Å². The lowest BCUT2D eigenvalue weighted by Crippen LogP contribution is -2.37. The smallest absolute Gasteiger partial charge is 0.171 e. The zero-order chi connectivity index (χ0) is 30.4. The first-order valence-corrected chi connectivity index (χ1v) is 17.5. The van der Waals surface area contributed by atoms with Gasteiger partial charge in [-0.15, -0.1) is 9.24 Å². The van der Waals surface area contributed by atoms with Crippen LogP contribution in [0.3, 0.4) is 0 Å². The molecular formula is C41H34OP2. The molecule has 0 radical (unpaired) electrons. The van der Waals surface area contributed by atoms with Gasteiger partial charge in [0.1, 0.15) is 0 Å². The van der Waals surface area contributed by atoms with Crippen molar-refractivity contribution in [3.63, 3.8) is 0 Å². The fourth-order valence-electron chi connectivity index (χ4n) is 8.23. The SMILES string of the molecule is Cc1cc(C)cc(P(=O)(c2cc(C)cc(C)c2)c2cccc3c2C2(c4ccccc4-c4cccc(P)c42)c2ccccc2-3)c1. The molecule has 0 bridgehead atoms. The van der Waals surface area contributed by atoms with Gasteiger partial charge in [0, 0.05) is 15.9 Å². The van der Waals surface area contributed by atoms with E-state index >= 15 is 4.57 Å². The van der Waals surface area contributed by atoms with Crippen LogP contribution in [-0.2, 0) is 9.98 Å². The quantitative estimate of drug-likeness (QED) is 0.185. The Labute approximate surface area is 262 Å². The van der Waals surface area contributed by atoms with Gasteiger partial charge >= 0.3 is 0 Å². The molecule has 0 aliphatic heterocycles. The summed E-state index contributed by atoms with van der Waals surface area (Å²) in [5, 5.41) is 3.89. The van der Waals surface area contributed by atoms with Crippen molar-refractivity contribution >= 4 is 37.6 Å². The maximum absolute atomic E-state index is 16.6. The Hall–Kier alpha value is -4.02. The van der Waals surface area contributed by atoms with Crippen LogP contribution in [0, 0.1) is 27.7 Å². The molecule has 0 amide bonds. The van der Waals surface area contributed by atoms with Gasteiger partial charge < -0.3 is 4.57 Å². The van der Waals surface area contributed by atoms with Crippen LogP contribution in [0.1, 0.15) is 44.5 Å². The average molecular weight is 605 g/mol. The summed E-state index contributed by atoms with van der Waals surface area (Å²) in [5.74, 6) is 0. The molecule has 6 aromatic carbocycles. The minimum atomic E-state index is -3.38. The first-order valence-electron chi connectivity index (χ1n) is 15.2. The summed E-state index contributed by atoms with van der Waals surface area (Å²) in [7, 11) is -0.343. The first kappa shape index (κ1) is 27.5. The third kappa shape index (κ3) is 3.61. The van der Waals surface area contributed by atoms with Gasteiger partial charge in [-0.1, -0.05) is 119 Å². The second-order valence-electron chi connectivity index (χ2n) is 12.6. The first-order chi connectivity index (χ1) is 21.2. The molecule has 0 saturated carbocycles. The monoisotopic (exact) mass is 604 g/mol. The molecule has 0 aromatic heterocycles. The van der Waals surface area contributed by atoms with E-state index in [0.717, 1.165) is 43.7 Å². The van der Waals surface area contributed by atoms with Gasteiger partial charge in [-0.25, -0.2) is 0 Å². The molecule has 2 aliphatic carbocycles. The van der Waals surface area contributed by atoms with E-state index < -0.39 is 12.6 Å². The van der Waals surface area contributed by atoms with Crippen molar-refractivity contribution in [2.45, 2.75) is 33.1 Å². The van der Waals surface area contributed by atoms with Crippen LogP contribution in [0.2, 0.25) is 0 Å². The van der Waals surface area contributed by atoms with Gasteiger partial charge in [0.05, 0.1) is 5.41 Å². The molecule has 1 nitrogen and oxygen atoms in total. The maximum atomic E-state index is 16.6. The largest absolute Gasteiger partial charge is 0.309 e. The Morgan fingerprint density at radius 1 is 0.500 bits per heavy atom. The van der Waals surface area contributed by atoms with Crippen molar-refractivity contribution in [2.24, 2.45) is 0 Å². The van der Waals surface area contributed by atoms with Gasteiger partial charge in [-0.05, 0) is 102 Å². The molecule has 2 aliphatic rings. The fraction of sp³-hybridized carbons (Fsp3) is 0.122. The minimum Gasteiger partial charge on any atom is -0.309 e. The van der Waals surface area contributed by atoms with Crippen molar-refractivity contribution < 1.29 is 4.57 Å². The molecule has 214 valence electrons. The minimum absolute atomic E-state index is 0.597. The van der Waals surface area contributed by atoms with Crippen LogP contribution in [0.25, 0.3) is 22.3 Å². The Bertz CT molecular complexity index is 2120. The number of fused-ring (bicyclic) bond motifs is 10. The third-order valence-electron chi connectivity index (χ3n) is 9.61. The molecule has 0 heterocycles. The van der Waals surface area contributed by atoms with Crippen LogP contribution in [0.4, 0.5) is 0 Å². The zero-order valence-corrected chi connectivity index (χ0v) is 27.5. The topological polar surface area (TPSA) is 17.1 Å². The fourth-order valence-corrected chi connectivity index (χ4v) is 12.0. The zero-order valence-electron chi connectivity index (χ0n) is 25.5. The van der Waals surface area contributed by atoms with E-state index in [1.54, 1.807) is 0 Å². The summed E-state index contributed by atoms with van der Waals surface area (Å²) in [5.41, 5.74) is 13.7. The summed E-state index contributed by atoms with van der Waals surface area (Å²) in [6.45, 7) is 8.44. The van der Waals surface area contributed by atoms with Crippen LogP contribution in [0.15, 0.2) is 121 Å². The number of hydrogen-bond acceptors (Lipinski definition) is 1. The summed E-state index contributed by atoms with van der Waals surface area (Å²) in [6.07, 6.45) is 0. The lowest BCUT2D eigenvalue weighted by molar-refractivity contribution is 0.592. The van der Waals surface area contributed by atoms with Crippen LogP contribution in [-0.4, -0.2) is 0 Å². The van der Waals surface area contributed by atoms with Gasteiger partial charge in [-0.2, -0.15) is 0 Å². The van der Waals surface area contributed by atoms with Crippen LogP contribution in [0.5, 0.6) is 0 Å². The second-order valence-corrected chi connectivity index (χ2v) is 16.0. The molecule has 8 rings (SSSR count). The van der Waals surface area contributed by atoms with Crippen molar-refractivity contribution in [1.29, 1.82) is 0 Å². The summed E-state index contributed by atoms with van der Waals surface area (Å²) in [4.78, 5) is 0. The highest BCUT2D eigenvalue weighted by Gasteiger charge is 2.55. The Balaban J connectivity index is 1.60. The molecule has 2 atom stereocenters. The second kappa shape index (κ2) is 9.74. The lowest BCUT2D eigenvalue weighted by Gasteiger charge is -2.35. The highest BCUT2D eigenvalue weighted by molar-refractivity contribution is 7.85. The Morgan fingerprint density at radius 3 is 1.45 bits per heavy atom. The van der Waals surface area contributed by atoms with Gasteiger partial charge in [0.25, 0.3) is 0 Å². The van der Waals surface area contributed by atoms with Gasteiger partial charge in [0.2, 0.25) is 0 Å². The van der Waals surface area contributed by atoms with E-state index in [4.69, 9.17) is 0 Å². The summed E-state index contributed by atoms with van der Waals surface area (Å²) >= 11 is 0. The standard InChI is InChI=1S/C41H34OP2/c1-25-19-26(2)22-29(21-25)44(42,30-23-27(3)20-28(4)24-30)38-18-10-14-34-32-12-6-8-16-36(32)41(40(34)38)35-15-7-5-11-31(35)33-13-9-17-37(43)39(33)41/h5-24H,43H2,1-4H3. The van der Waals surface area contributed by atoms with Crippen LogP contribution >= 0.6 is 16.4 Å². The Morgan fingerprint density at radius 2 is 0.932 bits per heavy atom. The predicted molar refractivity (Wildman–Crippen MR) is 190 cm³/mol. The highest BCUT2D eigenvalue weighted by Crippen LogP contribution is 2.64. The molecule has 0 saturated heterocycles. The van der Waals surface area contributed by atoms with Crippen molar-refractivity contribution in [2.75, 3.05) is 0 Å². The van der Waals surface area contributed by atoms with E-state index in [9.17, 15) is 0 Å². The van der Waals surface area contributed by atoms with Gasteiger partial charge in [-0.3, -0.25) is 0 Å². The van der Waals surface area contributed by atoms with E-state index in [-0.39, 0.29) is 0 Å². The molecular weight excluding hydrogens is 570 g/mol.